The second-order valence-electron chi connectivity index (χ2n) is 3.82. The highest BCUT2D eigenvalue weighted by atomic mass is 19.3. The van der Waals surface area contributed by atoms with Gasteiger partial charge >= 0.3 is 6.61 Å². The van der Waals surface area contributed by atoms with E-state index < -0.39 is 12.5 Å². The van der Waals surface area contributed by atoms with E-state index in [-0.39, 0.29) is 11.6 Å². The number of nitrogens with one attached hydrogen (secondary N) is 2. The summed E-state index contributed by atoms with van der Waals surface area (Å²) < 4.78 is 28.2. The lowest BCUT2D eigenvalue weighted by Crippen LogP contribution is -2.13. The summed E-state index contributed by atoms with van der Waals surface area (Å²) >= 11 is 0. The molecule has 0 fully saturated rings. The number of hydrogen-bond acceptors (Lipinski definition) is 4. The van der Waals surface area contributed by atoms with Crippen molar-refractivity contribution in [2.45, 2.75) is 20.0 Å². The van der Waals surface area contributed by atoms with Gasteiger partial charge in [-0.25, -0.2) is 4.98 Å². The molecule has 1 heterocycles. The molecule has 0 atom stereocenters. The average molecular weight is 282 g/mol. The fourth-order valence-electron chi connectivity index (χ4n) is 1.46. The van der Waals surface area contributed by atoms with E-state index in [4.69, 9.17) is 0 Å². The molecule has 1 amide bonds. The van der Waals surface area contributed by atoms with E-state index in [9.17, 15) is 13.6 Å². The van der Waals surface area contributed by atoms with Crippen LogP contribution in [0.3, 0.4) is 0 Å². The van der Waals surface area contributed by atoms with Gasteiger partial charge in [0, 0.05) is 12.1 Å². The molecule has 0 saturated carbocycles. The van der Waals surface area contributed by atoms with Crippen molar-refractivity contribution in [2.24, 2.45) is 0 Å². The molecule has 1 aromatic heterocycles. The zero-order valence-corrected chi connectivity index (χ0v) is 10.6. The van der Waals surface area contributed by atoms with Gasteiger partial charge in [-0.15, -0.1) is 5.10 Å². The Balaban J connectivity index is 2.00. The molecule has 20 heavy (non-hydrogen) atoms. The third-order valence-corrected chi connectivity index (χ3v) is 2.41. The van der Waals surface area contributed by atoms with Crippen LogP contribution >= 0.6 is 0 Å². The molecule has 2 N–H and O–H groups in total. The van der Waals surface area contributed by atoms with Crippen LogP contribution in [-0.2, 0) is 6.42 Å². The fraction of sp³-hybridized carbons (Fsp3) is 0.250. The van der Waals surface area contributed by atoms with Gasteiger partial charge in [-0.3, -0.25) is 9.89 Å². The highest BCUT2D eigenvalue weighted by Crippen LogP contribution is 2.17. The first-order valence-corrected chi connectivity index (χ1v) is 5.86. The molecule has 0 aliphatic heterocycles. The third-order valence-electron chi connectivity index (χ3n) is 2.41. The normalized spacial score (nSPS) is 10.6. The van der Waals surface area contributed by atoms with Gasteiger partial charge in [0.2, 0.25) is 5.82 Å². The van der Waals surface area contributed by atoms with E-state index in [0.717, 1.165) is 0 Å². The Morgan fingerprint density at radius 2 is 2.10 bits per heavy atom. The highest BCUT2D eigenvalue weighted by Gasteiger charge is 2.12. The van der Waals surface area contributed by atoms with Gasteiger partial charge in [0.05, 0.1) is 0 Å². The third kappa shape index (κ3) is 3.50. The summed E-state index contributed by atoms with van der Waals surface area (Å²) in [6.45, 7) is -1.000. The maximum absolute atomic E-state index is 12.0. The Morgan fingerprint density at radius 1 is 1.40 bits per heavy atom. The molecule has 0 unspecified atom stereocenters. The minimum absolute atomic E-state index is 0.0177. The van der Waals surface area contributed by atoms with Gasteiger partial charge in [0.15, 0.2) is 0 Å². The Bertz CT molecular complexity index is 583. The molecule has 0 saturated heterocycles. The van der Waals surface area contributed by atoms with Crippen LogP contribution in [0.4, 0.5) is 14.5 Å². The van der Waals surface area contributed by atoms with Gasteiger partial charge in [-0.1, -0.05) is 6.92 Å². The van der Waals surface area contributed by atoms with Crippen molar-refractivity contribution in [3.8, 4) is 5.75 Å². The summed E-state index contributed by atoms with van der Waals surface area (Å²) in [5.41, 5.74) is 0.430. The van der Waals surface area contributed by atoms with Gasteiger partial charge in [0.1, 0.15) is 11.6 Å². The number of rotatable bonds is 5. The predicted octanol–water partition coefficient (Wildman–Crippen LogP) is 2.22. The fourth-order valence-corrected chi connectivity index (χ4v) is 1.46. The molecule has 106 valence electrons. The van der Waals surface area contributed by atoms with Crippen LogP contribution in [-0.4, -0.2) is 27.7 Å². The standard InChI is InChI=1S/C12H12F2N4O2/c1-2-9-16-10(18-17-9)11(19)15-7-3-5-8(6-4-7)20-12(13)14/h3-6,12H,2H2,1H3,(H,15,19)(H,16,17,18). The minimum Gasteiger partial charge on any atom is -0.435 e. The highest BCUT2D eigenvalue weighted by molar-refractivity contribution is 6.01. The van der Waals surface area contributed by atoms with E-state index >= 15 is 0 Å². The summed E-state index contributed by atoms with van der Waals surface area (Å²) in [7, 11) is 0. The lowest BCUT2D eigenvalue weighted by molar-refractivity contribution is -0.0498. The second kappa shape index (κ2) is 6.09. The van der Waals surface area contributed by atoms with Crippen LogP contribution < -0.4 is 10.1 Å². The molecule has 2 aromatic rings. The maximum Gasteiger partial charge on any atom is 0.387 e. The number of H-pyrrole nitrogens is 1. The maximum atomic E-state index is 12.0. The number of anilines is 1. The molecule has 1 aromatic carbocycles. The second-order valence-corrected chi connectivity index (χ2v) is 3.82. The van der Waals surface area contributed by atoms with E-state index in [1.54, 1.807) is 0 Å². The number of alkyl halides is 2. The van der Waals surface area contributed by atoms with Crippen molar-refractivity contribution in [2.75, 3.05) is 5.32 Å². The van der Waals surface area contributed by atoms with Crippen molar-refractivity contribution in [1.82, 2.24) is 15.2 Å². The zero-order valence-electron chi connectivity index (χ0n) is 10.6. The van der Waals surface area contributed by atoms with Crippen LogP contribution in [0.25, 0.3) is 0 Å². The van der Waals surface area contributed by atoms with Crippen LogP contribution in [0.15, 0.2) is 24.3 Å². The Kier molecular flexibility index (Phi) is 4.24. The van der Waals surface area contributed by atoms with Crippen molar-refractivity contribution < 1.29 is 18.3 Å². The Labute approximate surface area is 113 Å². The topological polar surface area (TPSA) is 79.9 Å². The van der Waals surface area contributed by atoms with Crippen molar-refractivity contribution in [1.29, 1.82) is 0 Å². The smallest absolute Gasteiger partial charge is 0.387 e. The number of aryl methyl sites for hydroxylation is 1. The summed E-state index contributed by atoms with van der Waals surface area (Å²) in [6.07, 6.45) is 0.639. The van der Waals surface area contributed by atoms with Gasteiger partial charge in [-0.05, 0) is 24.3 Å². The number of halogens is 2. The first kappa shape index (κ1) is 13.9. The Hall–Kier alpha value is -2.51. The molecule has 0 bridgehead atoms. The van der Waals surface area contributed by atoms with E-state index in [1.807, 2.05) is 6.92 Å². The first-order chi connectivity index (χ1) is 9.58. The average Bonchev–Trinajstić information content (AvgIpc) is 2.89. The number of benzene rings is 1. The predicted molar refractivity (Wildman–Crippen MR) is 66.8 cm³/mol. The van der Waals surface area contributed by atoms with E-state index in [1.165, 1.54) is 24.3 Å². The largest absolute Gasteiger partial charge is 0.435 e. The number of ether oxygens (including phenoxy) is 1. The van der Waals surface area contributed by atoms with Crippen LogP contribution in [0.5, 0.6) is 5.75 Å². The summed E-state index contributed by atoms with van der Waals surface area (Å²) in [6, 6.07) is 5.56. The molecular weight excluding hydrogens is 270 g/mol. The van der Waals surface area contributed by atoms with E-state index in [2.05, 4.69) is 25.2 Å². The minimum atomic E-state index is -2.88. The summed E-state index contributed by atoms with van der Waals surface area (Å²) in [5, 5.41) is 8.94. The van der Waals surface area contributed by atoms with Crippen LogP contribution in [0, 0.1) is 0 Å². The monoisotopic (exact) mass is 282 g/mol. The van der Waals surface area contributed by atoms with Crippen LogP contribution in [0.2, 0.25) is 0 Å². The molecule has 0 aliphatic carbocycles. The molecule has 8 heteroatoms. The van der Waals surface area contributed by atoms with Crippen LogP contribution in [0.1, 0.15) is 23.4 Å². The quantitative estimate of drug-likeness (QED) is 0.881. The van der Waals surface area contributed by atoms with Gasteiger partial charge in [0.25, 0.3) is 5.91 Å². The first-order valence-electron chi connectivity index (χ1n) is 5.86. The lowest BCUT2D eigenvalue weighted by atomic mass is 10.3. The molecule has 2 rings (SSSR count). The van der Waals surface area contributed by atoms with E-state index in [0.29, 0.717) is 17.9 Å². The van der Waals surface area contributed by atoms with Crippen molar-refractivity contribution in [3.05, 3.63) is 35.9 Å². The number of aromatic nitrogens is 3. The SMILES string of the molecule is CCc1nc(C(=O)Nc2ccc(OC(F)F)cc2)n[nH]1. The number of hydrogen-bond donors (Lipinski definition) is 2. The van der Waals surface area contributed by atoms with Crippen molar-refractivity contribution in [3.63, 3.8) is 0 Å². The molecular formula is C12H12F2N4O2. The molecule has 0 radical (unpaired) electrons. The van der Waals surface area contributed by atoms with Crippen molar-refractivity contribution >= 4 is 11.6 Å². The summed E-state index contributed by atoms with van der Waals surface area (Å²) in [5.74, 6) is 0.165. The zero-order chi connectivity index (χ0) is 14.5. The number of aromatic amines is 1. The number of carbonyl (C=O) groups is 1. The number of nitrogens with zero attached hydrogens (tertiary/aromatic N) is 2. The Morgan fingerprint density at radius 3 is 2.65 bits per heavy atom. The number of amides is 1. The van der Waals surface area contributed by atoms with Gasteiger partial charge < -0.3 is 10.1 Å². The molecule has 6 nitrogen and oxygen atoms in total. The summed E-state index contributed by atoms with van der Waals surface area (Å²) in [4.78, 5) is 15.8. The molecule has 0 aliphatic rings. The molecule has 0 spiro atoms. The lowest BCUT2D eigenvalue weighted by Gasteiger charge is -2.06. The van der Waals surface area contributed by atoms with Gasteiger partial charge in [-0.2, -0.15) is 8.78 Å². The number of carbonyl (C=O) groups excluding carboxylic acids is 1.